The number of ether oxygens (including phenoxy) is 2. The fourth-order valence-electron chi connectivity index (χ4n) is 4.47. The molecule has 0 aromatic carbocycles. The summed E-state index contributed by atoms with van der Waals surface area (Å²) in [5.74, 6) is 2.30. The highest BCUT2D eigenvalue weighted by Crippen LogP contribution is 2.38. The topological polar surface area (TPSA) is 80.7 Å². The highest BCUT2D eigenvalue weighted by Gasteiger charge is 2.41. The van der Waals surface area contributed by atoms with Gasteiger partial charge in [0.05, 0.1) is 20.1 Å². The van der Waals surface area contributed by atoms with E-state index < -0.39 is 0 Å². The van der Waals surface area contributed by atoms with Gasteiger partial charge in [-0.1, -0.05) is 6.42 Å². The van der Waals surface area contributed by atoms with Crippen LogP contribution in [0, 0.1) is 17.8 Å². The minimum Gasteiger partial charge on any atom is -0.467 e. The van der Waals surface area contributed by atoms with Crippen LogP contribution in [0.4, 0.5) is 5.95 Å². The largest absolute Gasteiger partial charge is 0.467 e. The van der Waals surface area contributed by atoms with E-state index >= 15 is 0 Å². The number of hydrogen-bond acceptors (Lipinski definition) is 7. The van der Waals surface area contributed by atoms with Crippen LogP contribution in [0.15, 0.2) is 0 Å². The third-order valence-electron chi connectivity index (χ3n) is 5.81. The van der Waals surface area contributed by atoms with Crippen molar-refractivity contribution in [2.45, 2.75) is 25.7 Å². The van der Waals surface area contributed by atoms with Gasteiger partial charge >= 0.3 is 12.0 Å². The summed E-state index contributed by atoms with van der Waals surface area (Å²) in [6, 6.07) is 0.452. The van der Waals surface area contributed by atoms with E-state index in [2.05, 4.69) is 19.9 Å². The smallest absolute Gasteiger partial charge is 0.324 e. The summed E-state index contributed by atoms with van der Waals surface area (Å²) in [7, 11) is 3.03. The quantitative estimate of drug-likeness (QED) is 0.803. The van der Waals surface area contributed by atoms with Gasteiger partial charge in [-0.05, 0) is 31.1 Å². The van der Waals surface area contributed by atoms with E-state index in [1.165, 1.54) is 33.5 Å². The number of likely N-dealkylation sites (tertiary alicyclic amines) is 1. The molecule has 1 saturated carbocycles. The van der Waals surface area contributed by atoms with Crippen LogP contribution in [0.1, 0.15) is 25.7 Å². The molecule has 0 radical (unpaired) electrons. The van der Waals surface area contributed by atoms with E-state index in [9.17, 15) is 4.79 Å². The Bertz CT molecular complexity index is 621. The van der Waals surface area contributed by atoms with Gasteiger partial charge in [0, 0.05) is 26.2 Å². The number of rotatable bonds is 4. The molecule has 3 aliphatic rings. The third kappa shape index (κ3) is 3.09. The molecular weight excluding hydrogens is 322 g/mol. The number of anilines is 1. The van der Waals surface area contributed by atoms with Crippen LogP contribution >= 0.6 is 0 Å². The van der Waals surface area contributed by atoms with Gasteiger partial charge in [-0.15, -0.1) is 4.98 Å². The normalized spacial score (nSPS) is 28.3. The molecule has 0 N–H and O–H groups in total. The molecule has 1 aliphatic carbocycles. The van der Waals surface area contributed by atoms with E-state index in [-0.39, 0.29) is 17.9 Å². The standard InChI is InChI=1S/C17H25N5O3/c1-24-16-18-15(19-17(20-16)25-2)21-7-6-13(10-21)14(23)22-8-11-4-3-5-12(11)9-22/h11-13H,3-10H2,1-2H3. The van der Waals surface area contributed by atoms with Crippen LogP contribution in [0.25, 0.3) is 0 Å². The molecule has 1 aromatic heterocycles. The van der Waals surface area contributed by atoms with Crippen molar-refractivity contribution < 1.29 is 14.3 Å². The van der Waals surface area contributed by atoms with Gasteiger partial charge in [-0.25, -0.2) is 0 Å². The molecule has 25 heavy (non-hydrogen) atoms. The Labute approximate surface area is 147 Å². The molecule has 3 atom stereocenters. The zero-order chi connectivity index (χ0) is 17.4. The second-order valence-electron chi connectivity index (χ2n) is 7.23. The monoisotopic (exact) mass is 347 g/mol. The maximum absolute atomic E-state index is 12.9. The van der Waals surface area contributed by atoms with Crippen LogP contribution in [0.3, 0.4) is 0 Å². The van der Waals surface area contributed by atoms with Crippen molar-refractivity contribution in [3.05, 3.63) is 0 Å². The number of methoxy groups -OCH3 is 2. The van der Waals surface area contributed by atoms with Crippen molar-refractivity contribution in [1.29, 1.82) is 0 Å². The Morgan fingerprint density at radius 1 is 0.960 bits per heavy atom. The van der Waals surface area contributed by atoms with Crippen LogP contribution in [-0.2, 0) is 4.79 Å². The molecule has 3 heterocycles. The molecule has 2 aliphatic heterocycles. The van der Waals surface area contributed by atoms with Crippen molar-refractivity contribution >= 4 is 11.9 Å². The van der Waals surface area contributed by atoms with Crippen molar-refractivity contribution in [1.82, 2.24) is 19.9 Å². The Kier molecular flexibility index (Phi) is 4.35. The lowest BCUT2D eigenvalue weighted by Crippen LogP contribution is -2.36. The first-order valence-electron chi connectivity index (χ1n) is 9.05. The molecule has 1 amide bonds. The maximum atomic E-state index is 12.9. The molecule has 1 aromatic rings. The lowest BCUT2D eigenvalue weighted by Gasteiger charge is -2.22. The van der Waals surface area contributed by atoms with E-state index in [0.29, 0.717) is 18.4 Å². The molecule has 8 heteroatoms. The molecule has 3 unspecified atom stereocenters. The first-order valence-corrected chi connectivity index (χ1v) is 9.05. The van der Waals surface area contributed by atoms with Gasteiger partial charge in [0.1, 0.15) is 0 Å². The molecule has 0 spiro atoms. The summed E-state index contributed by atoms with van der Waals surface area (Å²) in [4.78, 5) is 29.6. The molecule has 3 fully saturated rings. The predicted molar refractivity (Wildman–Crippen MR) is 90.7 cm³/mol. The van der Waals surface area contributed by atoms with E-state index in [0.717, 1.165) is 37.9 Å². The minimum absolute atomic E-state index is 0.0209. The number of aromatic nitrogens is 3. The minimum atomic E-state index is 0.0209. The molecule has 4 rings (SSSR count). The third-order valence-corrected chi connectivity index (χ3v) is 5.81. The average molecular weight is 347 g/mol. The molecule has 2 saturated heterocycles. The summed E-state index contributed by atoms with van der Waals surface area (Å²) < 4.78 is 10.2. The zero-order valence-electron chi connectivity index (χ0n) is 14.8. The predicted octanol–water partition coefficient (Wildman–Crippen LogP) is 0.974. The van der Waals surface area contributed by atoms with E-state index in [1.807, 2.05) is 4.90 Å². The Morgan fingerprint density at radius 3 is 2.20 bits per heavy atom. The lowest BCUT2D eigenvalue weighted by molar-refractivity contribution is -0.134. The number of fused-ring (bicyclic) bond motifs is 1. The zero-order valence-corrected chi connectivity index (χ0v) is 14.8. The highest BCUT2D eigenvalue weighted by molar-refractivity contribution is 5.80. The summed E-state index contributed by atoms with van der Waals surface area (Å²) in [5.41, 5.74) is 0. The van der Waals surface area contributed by atoms with Crippen molar-refractivity contribution in [3.8, 4) is 12.0 Å². The number of amides is 1. The fourth-order valence-corrected chi connectivity index (χ4v) is 4.47. The van der Waals surface area contributed by atoms with Crippen molar-refractivity contribution in [2.75, 3.05) is 45.3 Å². The SMILES string of the molecule is COc1nc(OC)nc(N2CCC(C(=O)N3CC4CCCC4C3)C2)n1. The van der Waals surface area contributed by atoms with Crippen LogP contribution in [0.2, 0.25) is 0 Å². The summed E-state index contributed by atoms with van der Waals surface area (Å²) in [6.45, 7) is 3.30. The van der Waals surface area contributed by atoms with E-state index in [1.54, 1.807) is 0 Å². The second-order valence-corrected chi connectivity index (χ2v) is 7.23. The van der Waals surface area contributed by atoms with Crippen molar-refractivity contribution in [2.24, 2.45) is 17.8 Å². The van der Waals surface area contributed by atoms with E-state index in [4.69, 9.17) is 9.47 Å². The van der Waals surface area contributed by atoms with Crippen molar-refractivity contribution in [3.63, 3.8) is 0 Å². The molecule has 8 nitrogen and oxygen atoms in total. The molecular formula is C17H25N5O3. The first kappa shape index (κ1) is 16.4. The second kappa shape index (κ2) is 6.65. The number of carbonyl (C=O) groups is 1. The van der Waals surface area contributed by atoms with Gasteiger partial charge in [0.15, 0.2) is 0 Å². The number of carbonyl (C=O) groups excluding carboxylic acids is 1. The van der Waals surface area contributed by atoms with Crippen LogP contribution < -0.4 is 14.4 Å². The number of nitrogens with zero attached hydrogens (tertiary/aromatic N) is 5. The highest BCUT2D eigenvalue weighted by atomic mass is 16.5. The lowest BCUT2D eigenvalue weighted by atomic mass is 10.0. The van der Waals surface area contributed by atoms with Gasteiger partial charge in [-0.2, -0.15) is 9.97 Å². The molecule has 0 bridgehead atoms. The molecule has 136 valence electrons. The van der Waals surface area contributed by atoms with Gasteiger partial charge in [0.2, 0.25) is 11.9 Å². The Hall–Kier alpha value is -2.12. The van der Waals surface area contributed by atoms with Crippen LogP contribution in [-0.4, -0.2) is 66.2 Å². The van der Waals surface area contributed by atoms with Gasteiger partial charge < -0.3 is 19.3 Å². The maximum Gasteiger partial charge on any atom is 0.324 e. The summed E-state index contributed by atoms with van der Waals surface area (Å²) in [6.07, 6.45) is 4.74. The number of hydrogen-bond donors (Lipinski definition) is 0. The summed E-state index contributed by atoms with van der Waals surface area (Å²) >= 11 is 0. The first-order chi connectivity index (χ1) is 12.2. The fraction of sp³-hybridized carbons (Fsp3) is 0.765. The van der Waals surface area contributed by atoms with Gasteiger partial charge in [-0.3, -0.25) is 4.79 Å². The van der Waals surface area contributed by atoms with Gasteiger partial charge in [0.25, 0.3) is 0 Å². The Balaban J connectivity index is 1.42. The Morgan fingerprint density at radius 2 is 1.60 bits per heavy atom. The summed E-state index contributed by atoms with van der Waals surface area (Å²) in [5, 5.41) is 0. The van der Waals surface area contributed by atoms with Crippen LogP contribution in [0.5, 0.6) is 12.0 Å². The average Bonchev–Trinajstić information content (AvgIpc) is 3.35.